The molecule has 0 saturated heterocycles. The van der Waals surface area contributed by atoms with E-state index >= 15 is 0 Å². The SMILES string of the molecule is COc1ccc(C(Cl)CC(F)(F)F)cc1Br. The molecule has 1 rings (SSSR count). The molecular formula is C10H9BrClF3O. The highest BCUT2D eigenvalue weighted by atomic mass is 79.9. The average Bonchev–Trinajstić information content (AvgIpc) is 2.15. The summed E-state index contributed by atoms with van der Waals surface area (Å²) < 4.78 is 41.9. The smallest absolute Gasteiger partial charge is 0.390 e. The van der Waals surface area contributed by atoms with E-state index in [1.165, 1.54) is 19.2 Å². The van der Waals surface area contributed by atoms with E-state index in [4.69, 9.17) is 16.3 Å². The molecule has 0 aromatic heterocycles. The van der Waals surface area contributed by atoms with Crippen LogP contribution >= 0.6 is 27.5 Å². The van der Waals surface area contributed by atoms with E-state index < -0.39 is 18.0 Å². The van der Waals surface area contributed by atoms with E-state index in [1.807, 2.05) is 0 Å². The van der Waals surface area contributed by atoms with E-state index in [-0.39, 0.29) is 0 Å². The first kappa shape index (κ1) is 13.6. The molecular weight excluding hydrogens is 308 g/mol. The second-order valence-corrected chi connectivity index (χ2v) is 4.56. The minimum atomic E-state index is -4.27. The molecule has 0 bridgehead atoms. The Balaban J connectivity index is 2.85. The second kappa shape index (κ2) is 5.27. The number of rotatable bonds is 3. The van der Waals surface area contributed by atoms with Crippen LogP contribution in [0.25, 0.3) is 0 Å². The Bertz CT molecular complexity index is 368. The first-order chi connectivity index (χ1) is 7.33. The van der Waals surface area contributed by atoms with Crippen molar-refractivity contribution in [1.29, 1.82) is 0 Å². The third kappa shape index (κ3) is 3.87. The van der Waals surface area contributed by atoms with E-state index in [2.05, 4.69) is 15.9 Å². The summed E-state index contributed by atoms with van der Waals surface area (Å²) in [6.45, 7) is 0. The van der Waals surface area contributed by atoms with Gasteiger partial charge in [0.1, 0.15) is 5.75 Å². The lowest BCUT2D eigenvalue weighted by molar-refractivity contribution is -0.134. The van der Waals surface area contributed by atoms with Crippen LogP contribution < -0.4 is 4.74 Å². The maximum absolute atomic E-state index is 12.1. The Morgan fingerprint density at radius 3 is 2.50 bits per heavy atom. The second-order valence-electron chi connectivity index (χ2n) is 3.18. The van der Waals surface area contributed by atoms with Gasteiger partial charge in [-0.25, -0.2) is 0 Å². The Morgan fingerprint density at radius 1 is 1.44 bits per heavy atom. The van der Waals surface area contributed by atoms with Crippen molar-refractivity contribution in [2.45, 2.75) is 18.0 Å². The van der Waals surface area contributed by atoms with Crippen molar-refractivity contribution < 1.29 is 17.9 Å². The fourth-order valence-electron chi connectivity index (χ4n) is 1.20. The number of alkyl halides is 4. The maximum Gasteiger partial charge on any atom is 0.390 e. The largest absolute Gasteiger partial charge is 0.496 e. The third-order valence-corrected chi connectivity index (χ3v) is 2.97. The number of benzene rings is 1. The van der Waals surface area contributed by atoms with Gasteiger partial charge in [-0.1, -0.05) is 6.07 Å². The van der Waals surface area contributed by atoms with E-state index in [0.29, 0.717) is 15.8 Å². The fourth-order valence-corrected chi connectivity index (χ4v) is 2.07. The summed E-state index contributed by atoms with van der Waals surface area (Å²) in [6.07, 6.45) is -5.31. The Kier molecular flexibility index (Phi) is 4.50. The van der Waals surface area contributed by atoms with Crippen molar-refractivity contribution in [3.05, 3.63) is 28.2 Å². The van der Waals surface area contributed by atoms with E-state index in [1.54, 1.807) is 6.07 Å². The first-order valence-electron chi connectivity index (χ1n) is 4.38. The molecule has 1 nitrogen and oxygen atoms in total. The van der Waals surface area contributed by atoms with Gasteiger partial charge in [-0.15, -0.1) is 11.6 Å². The molecule has 0 fully saturated rings. The number of methoxy groups -OCH3 is 1. The minimum absolute atomic E-state index is 0.409. The monoisotopic (exact) mass is 316 g/mol. The highest BCUT2D eigenvalue weighted by molar-refractivity contribution is 9.10. The van der Waals surface area contributed by atoms with Crippen LogP contribution in [0, 0.1) is 0 Å². The zero-order valence-corrected chi connectivity index (χ0v) is 10.7. The van der Waals surface area contributed by atoms with Crippen molar-refractivity contribution in [1.82, 2.24) is 0 Å². The molecule has 1 aromatic rings. The summed E-state index contributed by atoms with van der Waals surface area (Å²) in [4.78, 5) is 0. The molecule has 16 heavy (non-hydrogen) atoms. The maximum atomic E-state index is 12.1. The van der Waals surface area contributed by atoms with Crippen molar-refractivity contribution >= 4 is 27.5 Å². The molecule has 0 aliphatic rings. The van der Waals surface area contributed by atoms with Gasteiger partial charge in [-0.3, -0.25) is 0 Å². The molecule has 0 aliphatic carbocycles. The van der Waals surface area contributed by atoms with Gasteiger partial charge in [0.05, 0.1) is 23.4 Å². The lowest BCUT2D eigenvalue weighted by Crippen LogP contribution is -2.10. The van der Waals surface area contributed by atoms with Crippen molar-refractivity contribution in [3.8, 4) is 5.75 Å². The number of halogens is 5. The molecule has 1 atom stereocenters. The first-order valence-corrected chi connectivity index (χ1v) is 5.60. The predicted molar refractivity (Wildman–Crippen MR) is 60.0 cm³/mol. The number of hydrogen-bond donors (Lipinski definition) is 0. The molecule has 0 aliphatic heterocycles. The van der Waals surface area contributed by atoms with Gasteiger partial charge < -0.3 is 4.74 Å². The molecule has 0 amide bonds. The van der Waals surface area contributed by atoms with Crippen LogP contribution in [0.15, 0.2) is 22.7 Å². The van der Waals surface area contributed by atoms with Crippen LogP contribution in [0.3, 0.4) is 0 Å². The van der Waals surface area contributed by atoms with Gasteiger partial charge in [-0.05, 0) is 33.6 Å². The topological polar surface area (TPSA) is 9.23 Å². The molecule has 0 N–H and O–H groups in total. The van der Waals surface area contributed by atoms with Gasteiger partial charge in [0, 0.05) is 0 Å². The minimum Gasteiger partial charge on any atom is -0.496 e. The van der Waals surface area contributed by atoms with Crippen molar-refractivity contribution in [3.63, 3.8) is 0 Å². The molecule has 6 heteroatoms. The number of ether oxygens (including phenoxy) is 1. The van der Waals surface area contributed by atoms with Gasteiger partial charge >= 0.3 is 6.18 Å². The van der Waals surface area contributed by atoms with Gasteiger partial charge in [-0.2, -0.15) is 13.2 Å². The fraction of sp³-hybridized carbons (Fsp3) is 0.400. The summed E-state index contributed by atoms with van der Waals surface area (Å²) in [5, 5.41) is -1.08. The normalized spacial score (nSPS) is 13.6. The zero-order valence-electron chi connectivity index (χ0n) is 8.31. The predicted octanol–water partition coefficient (Wildman–Crippen LogP) is 4.69. The lowest BCUT2D eigenvalue weighted by Gasteiger charge is -2.13. The highest BCUT2D eigenvalue weighted by Crippen LogP contribution is 2.36. The molecule has 1 unspecified atom stereocenters. The van der Waals surface area contributed by atoms with Crippen molar-refractivity contribution in [2.24, 2.45) is 0 Å². The van der Waals surface area contributed by atoms with Crippen LogP contribution in [0.4, 0.5) is 13.2 Å². The van der Waals surface area contributed by atoms with E-state index in [9.17, 15) is 13.2 Å². The highest BCUT2D eigenvalue weighted by Gasteiger charge is 2.31. The molecule has 0 heterocycles. The van der Waals surface area contributed by atoms with Crippen LogP contribution in [0.2, 0.25) is 0 Å². The van der Waals surface area contributed by atoms with Crippen LogP contribution in [-0.2, 0) is 0 Å². The standard InChI is InChI=1S/C10H9BrClF3O/c1-16-9-3-2-6(4-7(9)11)8(12)5-10(13,14)15/h2-4,8H,5H2,1H3. The zero-order chi connectivity index (χ0) is 12.3. The van der Waals surface area contributed by atoms with Crippen LogP contribution in [-0.4, -0.2) is 13.3 Å². The molecule has 0 spiro atoms. The van der Waals surface area contributed by atoms with Crippen LogP contribution in [0.1, 0.15) is 17.4 Å². The Labute approximate surface area is 105 Å². The molecule has 90 valence electrons. The molecule has 0 radical (unpaired) electrons. The van der Waals surface area contributed by atoms with E-state index in [0.717, 1.165) is 0 Å². The number of hydrogen-bond acceptors (Lipinski definition) is 1. The lowest BCUT2D eigenvalue weighted by atomic mass is 10.1. The average molecular weight is 318 g/mol. The Hall–Kier alpha value is -0.420. The molecule has 0 saturated carbocycles. The summed E-state index contributed by atoms with van der Waals surface area (Å²) in [5.41, 5.74) is 0.409. The van der Waals surface area contributed by atoms with Gasteiger partial charge in [0.2, 0.25) is 0 Å². The quantitative estimate of drug-likeness (QED) is 0.735. The summed E-state index contributed by atoms with van der Waals surface area (Å²) in [5.74, 6) is 0.555. The van der Waals surface area contributed by atoms with Gasteiger partial charge in [0.25, 0.3) is 0 Å². The van der Waals surface area contributed by atoms with Crippen LogP contribution in [0.5, 0.6) is 5.75 Å². The van der Waals surface area contributed by atoms with Gasteiger partial charge in [0.15, 0.2) is 0 Å². The van der Waals surface area contributed by atoms with Crippen molar-refractivity contribution in [2.75, 3.05) is 7.11 Å². The third-order valence-electron chi connectivity index (χ3n) is 1.95. The summed E-state index contributed by atoms with van der Waals surface area (Å²) >= 11 is 8.87. The Morgan fingerprint density at radius 2 is 2.06 bits per heavy atom. The molecule has 1 aromatic carbocycles. The summed E-state index contributed by atoms with van der Waals surface area (Å²) in [6, 6.07) is 4.63. The summed E-state index contributed by atoms with van der Waals surface area (Å²) in [7, 11) is 1.48.